The van der Waals surface area contributed by atoms with E-state index in [-0.39, 0.29) is 0 Å². The molecule has 0 unspecified atom stereocenters. The van der Waals surface area contributed by atoms with Gasteiger partial charge in [0.2, 0.25) is 0 Å². The van der Waals surface area contributed by atoms with Crippen LogP contribution in [0.15, 0.2) is 12.3 Å². The molecule has 4 saturated carbocycles. The van der Waals surface area contributed by atoms with Gasteiger partial charge in [-0.15, -0.1) is 0 Å². The highest BCUT2D eigenvalue weighted by atomic mass is 16.5. The Hall–Kier alpha value is -1.38. The van der Waals surface area contributed by atoms with Crippen molar-refractivity contribution in [3.63, 3.8) is 0 Å². The summed E-state index contributed by atoms with van der Waals surface area (Å²) in [4.78, 5) is 0. The smallest absolute Gasteiger partial charge is 0.138 e. The summed E-state index contributed by atoms with van der Waals surface area (Å²) in [6.07, 6.45) is 14.1. The summed E-state index contributed by atoms with van der Waals surface area (Å²) in [5.74, 6) is 5.42. The summed E-state index contributed by atoms with van der Waals surface area (Å²) in [7, 11) is 0. The van der Waals surface area contributed by atoms with Gasteiger partial charge in [0, 0.05) is 13.2 Å². The van der Waals surface area contributed by atoms with Crippen LogP contribution in [-0.2, 0) is 11.3 Å². The fourth-order valence-electron chi connectivity index (χ4n) is 9.54. The van der Waals surface area contributed by atoms with Crippen molar-refractivity contribution in [2.45, 2.75) is 97.1 Å². The Balaban J connectivity index is 1.29. The van der Waals surface area contributed by atoms with Crippen molar-refractivity contribution in [3.8, 4) is 6.07 Å². The zero-order valence-corrected chi connectivity index (χ0v) is 21.6. The van der Waals surface area contributed by atoms with Crippen LogP contribution in [-0.4, -0.2) is 33.7 Å². The molecule has 9 atom stereocenters. The van der Waals surface area contributed by atoms with Crippen LogP contribution in [0.2, 0.25) is 0 Å². The van der Waals surface area contributed by atoms with Crippen LogP contribution in [0.3, 0.4) is 0 Å². The van der Waals surface area contributed by atoms with E-state index < -0.39 is 5.60 Å². The predicted octanol–water partition coefficient (Wildman–Crippen LogP) is 5.82. The van der Waals surface area contributed by atoms with Crippen molar-refractivity contribution < 1.29 is 9.84 Å². The first-order valence-electron chi connectivity index (χ1n) is 14.1. The molecule has 4 aliphatic rings. The second-order valence-corrected chi connectivity index (χ2v) is 12.4. The van der Waals surface area contributed by atoms with Crippen molar-refractivity contribution >= 4 is 0 Å². The fraction of sp³-hybridized carbons (Fsp3) is 0.862. The predicted molar refractivity (Wildman–Crippen MR) is 133 cm³/mol. The number of ether oxygens (including phenoxy) is 1. The summed E-state index contributed by atoms with van der Waals surface area (Å²) in [6.45, 7) is 9.07. The highest BCUT2D eigenvalue weighted by Crippen LogP contribution is 2.66. The molecule has 4 aliphatic carbocycles. The van der Waals surface area contributed by atoms with Crippen LogP contribution in [0.25, 0.3) is 0 Å². The summed E-state index contributed by atoms with van der Waals surface area (Å²) in [5, 5.41) is 25.1. The molecule has 0 amide bonds. The zero-order valence-electron chi connectivity index (χ0n) is 21.6. The molecule has 0 aromatic carbocycles. The first-order valence-corrected chi connectivity index (χ1v) is 14.1. The van der Waals surface area contributed by atoms with Crippen molar-refractivity contribution in [2.75, 3.05) is 13.2 Å². The molecule has 0 radical (unpaired) electrons. The maximum absolute atomic E-state index is 11.1. The summed E-state index contributed by atoms with van der Waals surface area (Å²) >= 11 is 0. The number of hydrogen-bond donors (Lipinski definition) is 1. The van der Waals surface area contributed by atoms with E-state index in [9.17, 15) is 10.4 Å². The molecule has 1 N–H and O–H groups in total. The number of hydrogen-bond acceptors (Lipinski definition) is 4. The number of nitriles is 1. The third kappa shape index (κ3) is 4.13. The standard InChI is InChI=1S/C29H45N3O2/c1-4-20(18-32-22(17-30)12-15-31-32)26-8-9-27-25-7-6-21-16-29(33,19-34-5-2)14-11-23(21)24(25)10-13-28(26,27)3/h12,15,20-21,23-27,33H,4-11,13-14,16,18-19H2,1-3H3/t20-,21+,23+,24-,25-,26-,27+,28-,29-/m1/s1. The molecular formula is C29H45N3O2. The Morgan fingerprint density at radius 2 is 1.97 bits per heavy atom. The molecule has 188 valence electrons. The molecule has 34 heavy (non-hydrogen) atoms. The topological polar surface area (TPSA) is 71.1 Å². The van der Waals surface area contributed by atoms with Gasteiger partial charge in [0.25, 0.3) is 0 Å². The number of aromatic nitrogens is 2. The highest BCUT2D eigenvalue weighted by molar-refractivity contribution is 5.18. The lowest BCUT2D eigenvalue weighted by molar-refractivity contribution is -0.130. The molecule has 0 saturated heterocycles. The molecule has 5 nitrogen and oxygen atoms in total. The van der Waals surface area contributed by atoms with Gasteiger partial charge in [-0.1, -0.05) is 20.3 Å². The molecule has 0 bridgehead atoms. The van der Waals surface area contributed by atoms with Crippen molar-refractivity contribution in [3.05, 3.63) is 18.0 Å². The Kier molecular flexibility index (Phi) is 6.85. The molecule has 5 heteroatoms. The van der Waals surface area contributed by atoms with Gasteiger partial charge in [0.05, 0.1) is 18.4 Å². The SMILES string of the molecule is CCOC[C@@]1(O)CC[C@H]2[C@@H](CC[C@@H]3[C@@H]2CC[C@]2(C)[C@@H]([C@H](CC)Cn4nccc4C#N)CC[C@@H]32)C1. The van der Waals surface area contributed by atoms with Gasteiger partial charge >= 0.3 is 0 Å². The second kappa shape index (κ2) is 9.58. The maximum atomic E-state index is 11.1. The average molecular weight is 468 g/mol. The Bertz CT molecular complexity index is 892. The Morgan fingerprint density at radius 3 is 2.74 bits per heavy atom. The summed E-state index contributed by atoms with van der Waals surface area (Å²) < 4.78 is 7.61. The molecule has 0 spiro atoms. The maximum Gasteiger partial charge on any atom is 0.138 e. The molecular weight excluding hydrogens is 422 g/mol. The van der Waals surface area contributed by atoms with Crippen molar-refractivity contribution in [2.24, 2.45) is 46.8 Å². The van der Waals surface area contributed by atoms with Crippen LogP contribution in [0, 0.1) is 58.2 Å². The van der Waals surface area contributed by atoms with Gasteiger partial charge in [0.15, 0.2) is 0 Å². The minimum absolute atomic E-state index is 0.430. The first kappa shape index (κ1) is 24.3. The van der Waals surface area contributed by atoms with E-state index >= 15 is 0 Å². The van der Waals surface area contributed by atoms with Crippen LogP contribution < -0.4 is 0 Å². The Labute approximate surface area is 206 Å². The van der Waals surface area contributed by atoms with Crippen LogP contribution in [0.5, 0.6) is 0 Å². The average Bonchev–Trinajstić information content (AvgIpc) is 3.44. The normalized spacial score (nSPS) is 42.3. The number of nitrogens with zero attached hydrogens (tertiary/aromatic N) is 3. The van der Waals surface area contributed by atoms with Gasteiger partial charge in [-0.3, -0.25) is 4.68 Å². The quantitative estimate of drug-likeness (QED) is 0.549. The van der Waals surface area contributed by atoms with E-state index in [1.165, 1.54) is 44.9 Å². The van der Waals surface area contributed by atoms with E-state index in [4.69, 9.17) is 4.74 Å². The lowest BCUT2D eigenvalue weighted by Crippen LogP contribution is -2.52. The van der Waals surface area contributed by atoms with E-state index in [2.05, 4.69) is 25.0 Å². The van der Waals surface area contributed by atoms with Crippen molar-refractivity contribution in [1.29, 1.82) is 5.26 Å². The molecule has 1 aromatic rings. The van der Waals surface area contributed by atoms with E-state index in [1.807, 2.05) is 17.7 Å². The minimum atomic E-state index is -0.589. The summed E-state index contributed by atoms with van der Waals surface area (Å²) in [6, 6.07) is 4.16. The van der Waals surface area contributed by atoms with Gasteiger partial charge in [-0.25, -0.2) is 0 Å². The second-order valence-electron chi connectivity index (χ2n) is 12.4. The lowest BCUT2D eigenvalue weighted by Gasteiger charge is -2.57. The molecule has 0 aliphatic heterocycles. The summed E-state index contributed by atoms with van der Waals surface area (Å²) in [5.41, 5.74) is 0.537. The zero-order chi connectivity index (χ0) is 23.9. The Morgan fingerprint density at radius 1 is 1.15 bits per heavy atom. The van der Waals surface area contributed by atoms with Gasteiger partial charge < -0.3 is 9.84 Å². The molecule has 1 heterocycles. The van der Waals surface area contributed by atoms with Crippen LogP contribution >= 0.6 is 0 Å². The van der Waals surface area contributed by atoms with Gasteiger partial charge in [-0.05, 0) is 118 Å². The van der Waals surface area contributed by atoms with Gasteiger partial charge in [0.1, 0.15) is 11.8 Å². The molecule has 5 rings (SSSR count). The van der Waals surface area contributed by atoms with Crippen LogP contribution in [0.1, 0.15) is 90.7 Å². The van der Waals surface area contributed by atoms with Gasteiger partial charge in [-0.2, -0.15) is 10.4 Å². The van der Waals surface area contributed by atoms with Crippen molar-refractivity contribution in [1.82, 2.24) is 9.78 Å². The highest BCUT2D eigenvalue weighted by Gasteiger charge is 2.58. The fourth-order valence-corrected chi connectivity index (χ4v) is 9.54. The largest absolute Gasteiger partial charge is 0.387 e. The minimum Gasteiger partial charge on any atom is -0.387 e. The van der Waals surface area contributed by atoms with E-state index in [1.54, 1.807) is 6.20 Å². The number of rotatable bonds is 7. The first-order chi connectivity index (χ1) is 16.4. The third-order valence-corrected chi connectivity index (χ3v) is 11.1. The molecule has 1 aromatic heterocycles. The van der Waals surface area contributed by atoms with E-state index in [0.717, 1.165) is 55.4 Å². The monoisotopic (exact) mass is 467 g/mol. The third-order valence-electron chi connectivity index (χ3n) is 11.1. The van der Waals surface area contributed by atoms with Crippen LogP contribution in [0.4, 0.5) is 0 Å². The number of fused-ring (bicyclic) bond motifs is 5. The van der Waals surface area contributed by atoms with E-state index in [0.29, 0.717) is 36.2 Å². The lowest BCUT2D eigenvalue weighted by atomic mass is 9.48. The number of aliphatic hydroxyl groups is 1. The molecule has 4 fully saturated rings.